The molecule has 0 amide bonds. The molecule has 4 aromatic rings. The lowest BCUT2D eigenvalue weighted by Gasteiger charge is -1.99. The number of nitrogens with zero attached hydrogens (tertiary/aromatic N) is 4. The highest BCUT2D eigenvalue weighted by molar-refractivity contribution is 7.07. The topological polar surface area (TPSA) is 64.7 Å². The summed E-state index contributed by atoms with van der Waals surface area (Å²) in [6.45, 7) is 0. The van der Waals surface area contributed by atoms with Crippen LogP contribution >= 0.6 is 11.3 Å². The van der Waals surface area contributed by atoms with Crippen molar-refractivity contribution in [3.8, 4) is 11.5 Å². The molecule has 0 aliphatic heterocycles. The lowest BCUT2D eigenvalue weighted by molar-refractivity contribution is 0.424. The number of benzene rings is 1. The zero-order valence-corrected chi connectivity index (χ0v) is 11.7. The second-order valence-corrected chi connectivity index (χ2v) is 5.33. The summed E-state index contributed by atoms with van der Waals surface area (Å²) in [4.78, 5) is 13.1. The first-order valence-corrected chi connectivity index (χ1v) is 7.38. The highest BCUT2D eigenvalue weighted by Crippen LogP contribution is 2.24. The Hall–Kier alpha value is -2.60. The van der Waals surface area contributed by atoms with Crippen LogP contribution < -0.4 is 0 Å². The predicted molar refractivity (Wildman–Crippen MR) is 80.0 cm³/mol. The van der Waals surface area contributed by atoms with Crippen LogP contribution in [-0.2, 0) is 6.42 Å². The summed E-state index contributed by atoms with van der Waals surface area (Å²) >= 11 is 1.66. The summed E-state index contributed by atoms with van der Waals surface area (Å²) < 4.78 is 5.38. The van der Waals surface area contributed by atoms with E-state index in [4.69, 9.17) is 4.52 Å². The van der Waals surface area contributed by atoms with Gasteiger partial charge in [0.05, 0.1) is 11.1 Å². The third-order valence-electron chi connectivity index (χ3n) is 3.14. The Morgan fingerprint density at radius 3 is 2.95 bits per heavy atom. The number of rotatable bonds is 3. The molecule has 0 bridgehead atoms. The van der Waals surface area contributed by atoms with Crippen LogP contribution in [0.25, 0.3) is 22.5 Å². The van der Waals surface area contributed by atoms with Gasteiger partial charge in [0, 0.05) is 18.8 Å². The maximum Gasteiger partial charge on any atom is 0.260 e. The second-order valence-electron chi connectivity index (χ2n) is 4.55. The Morgan fingerprint density at radius 1 is 1.10 bits per heavy atom. The van der Waals surface area contributed by atoms with E-state index in [0.717, 1.165) is 16.6 Å². The highest BCUT2D eigenvalue weighted by atomic mass is 32.1. The quantitative estimate of drug-likeness (QED) is 0.580. The van der Waals surface area contributed by atoms with Crippen molar-refractivity contribution >= 4 is 22.4 Å². The van der Waals surface area contributed by atoms with E-state index in [1.807, 2.05) is 23.6 Å². The monoisotopic (exact) mass is 294 g/mol. The average Bonchev–Trinajstić information content (AvgIpc) is 3.19. The van der Waals surface area contributed by atoms with Crippen LogP contribution in [0.4, 0.5) is 0 Å². The van der Waals surface area contributed by atoms with Gasteiger partial charge in [0.15, 0.2) is 5.82 Å². The van der Waals surface area contributed by atoms with Crippen molar-refractivity contribution in [1.29, 1.82) is 0 Å². The van der Waals surface area contributed by atoms with Crippen LogP contribution in [0, 0.1) is 0 Å². The minimum atomic E-state index is 0.478. The summed E-state index contributed by atoms with van der Waals surface area (Å²) in [6, 6.07) is 7.80. The molecule has 6 heteroatoms. The van der Waals surface area contributed by atoms with E-state index >= 15 is 0 Å². The van der Waals surface area contributed by atoms with Crippen molar-refractivity contribution in [1.82, 2.24) is 20.1 Å². The molecule has 0 fully saturated rings. The van der Waals surface area contributed by atoms with Gasteiger partial charge in [0.1, 0.15) is 5.52 Å². The Balaban J connectivity index is 1.74. The maximum atomic E-state index is 5.38. The predicted octanol–water partition coefficient (Wildman–Crippen LogP) is 3.33. The minimum Gasteiger partial charge on any atom is -0.334 e. The molecule has 0 aliphatic carbocycles. The van der Waals surface area contributed by atoms with Crippen LogP contribution in [0.3, 0.4) is 0 Å². The van der Waals surface area contributed by atoms with Crippen molar-refractivity contribution in [3.63, 3.8) is 0 Å². The van der Waals surface area contributed by atoms with E-state index in [1.54, 1.807) is 23.7 Å². The van der Waals surface area contributed by atoms with Gasteiger partial charge >= 0.3 is 0 Å². The highest BCUT2D eigenvalue weighted by Gasteiger charge is 2.13. The Labute approximate surface area is 124 Å². The van der Waals surface area contributed by atoms with Gasteiger partial charge in [-0.3, -0.25) is 9.97 Å². The molecular formula is C15H10N4OS. The summed E-state index contributed by atoms with van der Waals surface area (Å²) in [5.41, 5.74) is 3.58. The van der Waals surface area contributed by atoms with Crippen molar-refractivity contribution in [2.45, 2.75) is 6.42 Å². The largest absolute Gasteiger partial charge is 0.334 e. The molecular weight excluding hydrogens is 284 g/mol. The Bertz CT molecular complexity index is 880. The van der Waals surface area contributed by atoms with Gasteiger partial charge in [-0.15, -0.1) is 0 Å². The molecule has 3 aromatic heterocycles. The van der Waals surface area contributed by atoms with E-state index in [9.17, 15) is 0 Å². The van der Waals surface area contributed by atoms with E-state index in [1.165, 1.54) is 5.56 Å². The van der Waals surface area contributed by atoms with Gasteiger partial charge in [-0.25, -0.2) is 0 Å². The summed E-state index contributed by atoms with van der Waals surface area (Å²) in [6.07, 6.45) is 4.00. The molecule has 0 saturated heterocycles. The number of fused-ring (bicyclic) bond motifs is 1. The van der Waals surface area contributed by atoms with Gasteiger partial charge in [0.2, 0.25) is 0 Å². The normalized spacial score (nSPS) is 11.0. The van der Waals surface area contributed by atoms with Crippen molar-refractivity contribution in [3.05, 3.63) is 58.8 Å². The molecule has 5 nitrogen and oxygen atoms in total. The number of hydrogen-bond acceptors (Lipinski definition) is 6. The first-order valence-electron chi connectivity index (χ1n) is 6.44. The van der Waals surface area contributed by atoms with Gasteiger partial charge in [-0.1, -0.05) is 11.2 Å². The molecule has 0 N–H and O–H groups in total. The van der Waals surface area contributed by atoms with Gasteiger partial charge in [-0.05, 0) is 34.5 Å². The van der Waals surface area contributed by atoms with Crippen molar-refractivity contribution in [2.75, 3.05) is 0 Å². The van der Waals surface area contributed by atoms with Crippen LogP contribution in [-0.4, -0.2) is 20.1 Å². The molecule has 4 rings (SSSR count). The Morgan fingerprint density at radius 2 is 2.05 bits per heavy atom. The molecule has 0 radical (unpaired) electrons. The molecule has 0 unspecified atom stereocenters. The lowest BCUT2D eigenvalue weighted by atomic mass is 10.1. The molecule has 0 aliphatic rings. The van der Waals surface area contributed by atoms with E-state index in [-0.39, 0.29) is 0 Å². The zero-order valence-electron chi connectivity index (χ0n) is 10.9. The molecule has 3 heterocycles. The third kappa shape index (κ3) is 2.30. The van der Waals surface area contributed by atoms with Crippen molar-refractivity contribution in [2.24, 2.45) is 0 Å². The number of para-hydroxylation sites is 1. The van der Waals surface area contributed by atoms with Crippen LogP contribution in [0.1, 0.15) is 11.4 Å². The maximum absolute atomic E-state index is 5.38. The first kappa shape index (κ1) is 12.2. The molecule has 0 saturated carbocycles. The fourth-order valence-corrected chi connectivity index (χ4v) is 2.84. The average molecular weight is 294 g/mol. The van der Waals surface area contributed by atoms with Crippen LogP contribution in [0.2, 0.25) is 0 Å². The second kappa shape index (κ2) is 5.06. The molecule has 21 heavy (non-hydrogen) atoms. The number of aromatic nitrogens is 4. The third-order valence-corrected chi connectivity index (χ3v) is 3.87. The molecule has 0 atom stereocenters. The molecule has 102 valence electrons. The van der Waals surface area contributed by atoms with E-state index < -0.39 is 0 Å². The fourth-order valence-electron chi connectivity index (χ4n) is 2.18. The summed E-state index contributed by atoms with van der Waals surface area (Å²) in [5, 5.41) is 8.17. The van der Waals surface area contributed by atoms with E-state index in [2.05, 4.69) is 31.6 Å². The standard InChI is InChI=1S/C15H10N4OS/c1-2-11(14-12(3-1)16-5-6-17-14)15-18-13(19-20-15)8-10-4-7-21-9-10/h1-7,9H,8H2. The zero-order chi connectivity index (χ0) is 14.1. The summed E-state index contributed by atoms with van der Waals surface area (Å²) in [5.74, 6) is 1.15. The van der Waals surface area contributed by atoms with Gasteiger partial charge in [-0.2, -0.15) is 16.3 Å². The Kier molecular flexibility index (Phi) is 2.93. The van der Waals surface area contributed by atoms with Crippen molar-refractivity contribution < 1.29 is 4.52 Å². The molecule has 0 spiro atoms. The van der Waals surface area contributed by atoms with Gasteiger partial charge in [0.25, 0.3) is 5.89 Å². The minimum absolute atomic E-state index is 0.478. The number of hydrogen-bond donors (Lipinski definition) is 0. The number of thiophene rings is 1. The summed E-state index contributed by atoms with van der Waals surface area (Å²) in [7, 11) is 0. The SMILES string of the molecule is c1cc(-c2nc(Cc3ccsc3)no2)c2nccnc2c1. The van der Waals surface area contributed by atoms with Crippen LogP contribution in [0.5, 0.6) is 0 Å². The smallest absolute Gasteiger partial charge is 0.260 e. The van der Waals surface area contributed by atoms with E-state index in [0.29, 0.717) is 18.1 Å². The first-order chi connectivity index (χ1) is 10.4. The van der Waals surface area contributed by atoms with Gasteiger partial charge < -0.3 is 4.52 Å². The fraction of sp³-hybridized carbons (Fsp3) is 0.0667. The molecule has 1 aromatic carbocycles. The lowest BCUT2D eigenvalue weighted by Crippen LogP contribution is -1.89. The van der Waals surface area contributed by atoms with Crippen LogP contribution in [0.15, 0.2) is 51.9 Å².